The summed E-state index contributed by atoms with van der Waals surface area (Å²) in [5.74, 6) is -0.464. The van der Waals surface area contributed by atoms with Gasteiger partial charge in [-0.1, -0.05) is 30.3 Å². The van der Waals surface area contributed by atoms with Crippen molar-refractivity contribution >= 4 is 31.5 Å². The van der Waals surface area contributed by atoms with Crippen molar-refractivity contribution in [3.8, 4) is 0 Å². The highest BCUT2D eigenvalue weighted by atomic mass is 32.2. The molecule has 0 saturated carbocycles. The molecular weight excluding hydrogens is 400 g/mol. The molecular formula is C19H24N2O5S2. The Morgan fingerprint density at radius 3 is 1.89 bits per heavy atom. The summed E-state index contributed by atoms with van der Waals surface area (Å²) in [6.07, 6.45) is 2.18. The van der Waals surface area contributed by atoms with Crippen molar-refractivity contribution in [2.75, 3.05) is 16.8 Å². The number of sulfonamides is 1. The Balaban J connectivity index is 2.20. The first kappa shape index (κ1) is 21.9. The Labute approximate surface area is 166 Å². The first-order valence-electron chi connectivity index (χ1n) is 8.56. The predicted octanol–water partition coefficient (Wildman–Crippen LogP) is 2.12. The number of nitrogens with one attached hydrogen (secondary N) is 1. The normalized spacial score (nSPS) is 14.1. The van der Waals surface area contributed by atoms with E-state index in [2.05, 4.69) is 5.32 Å². The van der Waals surface area contributed by atoms with Gasteiger partial charge in [-0.15, -0.1) is 0 Å². The first-order chi connectivity index (χ1) is 12.9. The van der Waals surface area contributed by atoms with Gasteiger partial charge >= 0.3 is 0 Å². The molecule has 2 aromatic carbocycles. The van der Waals surface area contributed by atoms with Gasteiger partial charge in [-0.05, 0) is 43.7 Å². The lowest BCUT2D eigenvalue weighted by Crippen LogP contribution is -2.48. The average molecular weight is 425 g/mol. The van der Waals surface area contributed by atoms with E-state index < -0.39 is 37.9 Å². The number of nitrogens with zero attached hydrogens (tertiary/aromatic N) is 1. The molecule has 0 aliphatic heterocycles. The van der Waals surface area contributed by atoms with Gasteiger partial charge in [0.2, 0.25) is 15.9 Å². The van der Waals surface area contributed by atoms with Crippen LogP contribution in [-0.2, 0) is 24.7 Å². The highest BCUT2D eigenvalue weighted by molar-refractivity contribution is 7.92. The van der Waals surface area contributed by atoms with Gasteiger partial charge in [-0.25, -0.2) is 16.8 Å². The highest BCUT2D eigenvalue weighted by Crippen LogP contribution is 2.21. The zero-order valence-electron chi connectivity index (χ0n) is 16.2. The smallest absolute Gasteiger partial charge is 0.244 e. The van der Waals surface area contributed by atoms with Gasteiger partial charge in [-0.3, -0.25) is 9.10 Å². The second kappa shape index (κ2) is 8.32. The highest BCUT2D eigenvalue weighted by Gasteiger charge is 2.29. The molecule has 1 N–H and O–H groups in total. The van der Waals surface area contributed by atoms with E-state index in [1.165, 1.54) is 19.1 Å². The van der Waals surface area contributed by atoms with Gasteiger partial charge in [-0.2, -0.15) is 0 Å². The molecule has 28 heavy (non-hydrogen) atoms. The second-order valence-corrected chi connectivity index (χ2v) is 10.5. The van der Waals surface area contributed by atoms with Crippen LogP contribution in [0.15, 0.2) is 59.5 Å². The third kappa shape index (κ3) is 5.32. The van der Waals surface area contributed by atoms with Crippen LogP contribution in [0.5, 0.6) is 0 Å². The Morgan fingerprint density at radius 1 is 0.893 bits per heavy atom. The number of para-hydroxylation sites is 1. The molecule has 0 heterocycles. The molecule has 0 saturated heterocycles. The Hall–Kier alpha value is -2.39. The molecule has 0 radical (unpaired) electrons. The van der Waals surface area contributed by atoms with Crippen molar-refractivity contribution in [1.82, 2.24) is 5.32 Å². The maximum Gasteiger partial charge on any atom is 0.244 e. The minimum absolute atomic E-state index is 0.190. The SMILES string of the molecule is C[C@H](C(=O)N[C@H](C)c1ccc(S(C)(=O)=O)cc1)N(c1ccccc1)S(C)(=O)=O. The van der Waals surface area contributed by atoms with E-state index in [9.17, 15) is 21.6 Å². The molecule has 0 aliphatic rings. The van der Waals surface area contributed by atoms with E-state index in [1.54, 1.807) is 49.4 Å². The van der Waals surface area contributed by atoms with Gasteiger partial charge in [0.05, 0.1) is 22.9 Å². The number of amides is 1. The minimum Gasteiger partial charge on any atom is -0.348 e. The van der Waals surface area contributed by atoms with Crippen LogP contribution in [0.2, 0.25) is 0 Å². The van der Waals surface area contributed by atoms with Gasteiger partial charge in [0.1, 0.15) is 6.04 Å². The summed E-state index contributed by atoms with van der Waals surface area (Å²) in [7, 11) is -6.98. The molecule has 2 aromatic rings. The lowest BCUT2D eigenvalue weighted by Gasteiger charge is -2.29. The van der Waals surface area contributed by atoms with Crippen LogP contribution in [0.1, 0.15) is 25.5 Å². The molecule has 0 aliphatic carbocycles. The summed E-state index contributed by atoms with van der Waals surface area (Å²) >= 11 is 0. The van der Waals surface area contributed by atoms with Gasteiger partial charge in [0.25, 0.3) is 0 Å². The standard InChI is InChI=1S/C19H24N2O5S2/c1-14(16-10-12-18(13-11-16)27(3,23)24)20-19(22)15(2)21(28(4,25)26)17-8-6-5-7-9-17/h5-15H,1-4H3,(H,20,22)/t14-,15-/m1/s1. The molecule has 0 fully saturated rings. The maximum atomic E-state index is 12.7. The molecule has 2 atom stereocenters. The van der Waals surface area contributed by atoms with Crippen molar-refractivity contribution in [2.24, 2.45) is 0 Å². The fraction of sp³-hybridized carbons (Fsp3) is 0.316. The molecule has 0 bridgehead atoms. The molecule has 2 rings (SSSR count). The van der Waals surface area contributed by atoms with E-state index in [1.807, 2.05) is 0 Å². The number of benzene rings is 2. The van der Waals surface area contributed by atoms with Gasteiger partial charge in [0.15, 0.2) is 9.84 Å². The summed E-state index contributed by atoms with van der Waals surface area (Å²) < 4.78 is 48.7. The van der Waals surface area contributed by atoms with Crippen molar-refractivity contribution in [3.63, 3.8) is 0 Å². The molecule has 1 amide bonds. The van der Waals surface area contributed by atoms with Crippen LogP contribution in [-0.4, -0.2) is 41.3 Å². The van der Waals surface area contributed by atoms with E-state index in [0.717, 1.165) is 16.8 Å². The van der Waals surface area contributed by atoms with E-state index >= 15 is 0 Å². The number of sulfone groups is 1. The average Bonchev–Trinajstić information content (AvgIpc) is 2.60. The lowest BCUT2D eigenvalue weighted by molar-refractivity contribution is -0.122. The molecule has 9 heteroatoms. The zero-order valence-corrected chi connectivity index (χ0v) is 17.8. The number of hydrogen-bond acceptors (Lipinski definition) is 5. The number of rotatable bonds is 7. The topological polar surface area (TPSA) is 101 Å². The Morgan fingerprint density at radius 2 is 1.43 bits per heavy atom. The Bertz CT molecular complexity index is 1030. The summed E-state index contributed by atoms with van der Waals surface area (Å²) in [6, 6.07) is 13.2. The molecule has 152 valence electrons. The fourth-order valence-corrected chi connectivity index (χ4v) is 4.61. The molecule has 0 spiro atoms. The summed E-state index contributed by atoms with van der Waals surface area (Å²) in [4.78, 5) is 12.9. The van der Waals surface area contributed by atoms with Crippen molar-refractivity contribution in [3.05, 3.63) is 60.2 Å². The number of carbonyl (C=O) groups excluding carboxylic acids is 1. The largest absolute Gasteiger partial charge is 0.348 e. The van der Waals surface area contributed by atoms with Gasteiger partial charge in [0, 0.05) is 6.26 Å². The summed E-state index contributed by atoms with van der Waals surface area (Å²) in [5, 5.41) is 2.78. The molecule has 0 aromatic heterocycles. The molecule has 7 nitrogen and oxygen atoms in total. The monoisotopic (exact) mass is 424 g/mol. The van der Waals surface area contributed by atoms with Crippen LogP contribution in [0.4, 0.5) is 5.69 Å². The predicted molar refractivity (Wildman–Crippen MR) is 109 cm³/mol. The van der Waals surface area contributed by atoms with Crippen LogP contribution in [0.25, 0.3) is 0 Å². The molecule has 0 unspecified atom stereocenters. The maximum absolute atomic E-state index is 12.7. The lowest BCUT2D eigenvalue weighted by atomic mass is 10.1. The number of hydrogen-bond donors (Lipinski definition) is 1. The summed E-state index contributed by atoms with van der Waals surface area (Å²) in [6.45, 7) is 3.26. The van der Waals surface area contributed by atoms with E-state index in [4.69, 9.17) is 0 Å². The van der Waals surface area contributed by atoms with E-state index in [0.29, 0.717) is 11.3 Å². The van der Waals surface area contributed by atoms with Crippen LogP contribution >= 0.6 is 0 Å². The van der Waals surface area contributed by atoms with Gasteiger partial charge < -0.3 is 5.32 Å². The third-order valence-corrected chi connectivity index (χ3v) is 6.64. The van der Waals surface area contributed by atoms with E-state index in [-0.39, 0.29) is 4.90 Å². The van der Waals surface area contributed by atoms with Crippen molar-refractivity contribution < 1.29 is 21.6 Å². The Kier molecular flexibility index (Phi) is 6.51. The first-order valence-corrected chi connectivity index (χ1v) is 12.3. The number of anilines is 1. The third-order valence-electron chi connectivity index (χ3n) is 4.27. The minimum atomic E-state index is -3.68. The van der Waals surface area contributed by atoms with Crippen LogP contribution in [0.3, 0.4) is 0 Å². The second-order valence-electron chi connectivity index (χ2n) is 6.64. The van der Waals surface area contributed by atoms with Crippen molar-refractivity contribution in [2.45, 2.75) is 30.8 Å². The quantitative estimate of drug-likeness (QED) is 0.734. The summed E-state index contributed by atoms with van der Waals surface area (Å²) in [5.41, 5.74) is 1.11. The fourth-order valence-electron chi connectivity index (χ4n) is 2.80. The van der Waals surface area contributed by atoms with Crippen LogP contribution in [0, 0.1) is 0 Å². The van der Waals surface area contributed by atoms with Crippen molar-refractivity contribution in [1.29, 1.82) is 0 Å². The zero-order chi connectivity index (χ0) is 21.1. The number of carbonyl (C=O) groups is 1. The van der Waals surface area contributed by atoms with Crippen LogP contribution < -0.4 is 9.62 Å².